The molecule has 4 heteroatoms. The van der Waals surface area contributed by atoms with Crippen molar-refractivity contribution in [3.63, 3.8) is 0 Å². The Kier molecular flexibility index (Phi) is 5.36. The van der Waals surface area contributed by atoms with Crippen LogP contribution in [0.3, 0.4) is 0 Å². The summed E-state index contributed by atoms with van der Waals surface area (Å²) in [5.74, 6) is -0.0332. The van der Waals surface area contributed by atoms with Crippen molar-refractivity contribution in [1.82, 2.24) is 5.32 Å². The maximum atomic E-state index is 11.7. The van der Waals surface area contributed by atoms with E-state index in [9.17, 15) is 4.79 Å². The number of nitriles is 1. The average Bonchev–Trinajstić information content (AvgIpc) is 2.75. The van der Waals surface area contributed by atoms with E-state index < -0.39 is 5.54 Å². The van der Waals surface area contributed by atoms with Gasteiger partial charge in [0, 0.05) is 16.2 Å². The first-order chi connectivity index (χ1) is 8.49. The number of nitrogens with one attached hydrogen (secondary N) is 1. The molecule has 0 aliphatic heterocycles. The Morgan fingerprint density at radius 3 is 2.78 bits per heavy atom. The molecule has 0 aliphatic rings. The highest BCUT2D eigenvalue weighted by Gasteiger charge is 2.22. The van der Waals surface area contributed by atoms with Gasteiger partial charge in [0.15, 0.2) is 0 Å². The number of nitrogens with zero attached hydrogens (tertiary/aromatic N) is 1. The summed E-state index contributed by atoms with van der Waals surface area (Å²) in [6.07, 6.45) is 2.87. The van der Waals surface area contributed by atoms with Crippen molar-refractivity contribution in [1.29, 1.82) is 5.26 Å². The molecule has 0 saturated carbocycles. The molecule has 3 nitrogen and oxygen atoms in total. The fraction of sp³-hybridized carbons (Fsp3) is 0.571. The zero-order valence-corrected chi connectivity index (χ0v) is 12.1. The highest BCUT2D eigenvalue weighted by atomic mass is 32.1. The summed E-state index contributed by atoms with van der Waals surface area (Å²) in [6.45, 7) is 5.74. The standard InChI is InChI=1S/C14H20N2OS/c1-4-14(3,10-15)16-13(17)7-5-6-12-9-8-11(2)18-12/h8-9H,4-7H2,1-3H3,(H,16,17). The Labute approximate surface area is 113 Å². The summed E-state index contributed by atoms with van der Waals surface area (Å²) < 4.78 is 0. The van der Waals surface area contributed by atoms with Crippen LogP contribution >= 0.6 is 11.3 Å². The third-order valence-corrected chi connectivity index (χ3v) is 4.05. The molecule has 1 atom stereocenters. The van der Waals surface area contributed by atoms with E-state index in [0.717, 1.165) is 12.8 Å². The summed E-state index contributed by atoms with van der Waals surface area (Å²) in [6, 6.07) is 6.36. The van der Waals surface area contributed by atoms with Gasteiger partial charge in [-0.25, -0.2) is 0 Å². The molecule has 98 valence electrons. The Morgan fingerprint density at radius 2 is 2.28 bits per heavy atom. The molecule has 1 rings (SSSR count). The van der Waals surface area contributed by atoms with E-state index in [1.54, 1.807) is 18.3 Å². The molecule has 0 spiro atoms. The summed E-state index contributed by atoms with van der Waals surface area (Å²) in [7, 11) is 0. The number of carbonyl (C=O) groups is 1. The fourth-order valence-corrected chi connectivity index (χ4v) is 2.54. The van der Waals surface area contributed by atoms with Crippen molar-refractivity contribution in [2.75, 3.05) is 0 Å². The van der Waals surface area contributed by atoms with E-state index in [1.165, 1.54) is 9.75 Å². The van der Waals surface area contributed by atoms with Gasteiger partial charge < -0.3 is 5.32 Å². The van der Waals surface area contributed by atoms with E-state index in [-0.39, 0.29) is 5.91 Å². The van der Waals surface area contributed by atoms with Crippen LogP contribution in [0, 0.1) is 18.3 Å². The summed E-state index contributed by atoms with van der Waals surface area (Å²) >= 11 is 1.78. The topological polar surface area (TPSA) is 52.9 Å². The first-order valence-corrected chi connectivity index (χ1v) is 7.08. The molecule has 0 saturated heterocycles. The molecule has 1 amide bonds. The molecule has 1 aromatic heterocycles. The lowest BCUT2D eigenvalue weighted by atomic mass is 10.0. The average molecular weight is 264 g/mol. The second-order valence-corrected chi connectivity index (χ2v) is 6.08. The van der Waals surface area contributed by atoms with Crippen LogP contribution in [-0.2, 0) is 11.2 Å². The van der Waals surface area contributed by atoms with Gasteiger partial charge in [-0.2, -0.15) is 5.26 Å². The predicted octanol–water partition coefficient (Wildman–Crippen LogP) is 3.19. The van der Waals surface area contributed by atoms with Crippen LogP contribution in [0.25, 0.3) is 0 Å². The Hall–Kier alpha value is -1.34. The van der Waals surface area contributed by atoms with Gasteiger partial charge in [0.25, 0.3) is 0 Å². The molecule has 0 radical (unpaired) electrons. The molecule has 18 heavy (non-hydrogen) atoms. The van der Waals surface area contributed by atoms with Crippen molar-refractivity contribution < 1.29 is 4.79 Å². The minimum absolute atomic E-state index is 0.0332. The molecule has 0 fully saturated rings. The second kappa shape index (κ2) is 6.55. The van der Waals surface area contributed by atoms with Crippen molar-refractivity contribution in [3.05, 3.63) is 21.9 Å². The highest BCUT2D eigenvalue weighted by Crippen LogP contribution is 2.17. The minimum Gasteiger partial charge on any atom is -0.338 e. The first kappa shape index (κ1) is 14.7. The molecule has 1 unspecified atom stereocenters. The monoisotopic (exact) mass is 264 g/mol. The van der Waals surface area contributed by atoms with Gasteiger partial charge in [-0.1, -0.05) is 6.92 Å². The van der Waals surface area contributed by atoms with Gasteiger partial charge >= 0.3 is 0 Å². The fourth-order valence-electron chi connectivity index (χ4n) is 1.61. The Bertz CT molecular complexity index is 447. The normalized spacial score (nSPS) is 13.7. The summed E-state index contributed by atoms with van der Waals surface area (Å²) in [5, 5.41) is 11.8. The zero-order chi connectivity index (χ0) is 13.6. The van der Waals surface area contributed by atoms with Crippen LogP contribution in [0.2, 0.25) is 0 Å². The third-order valence-electron chi connectivity index (χ3n) is 2.99. The number of thiophene rings is 1. The third kappa shape index (κ3) is 4.50. The number of aryl methyl sites for hydroxylation is 2. The van der Waals surface area contributed by atoms with Crippen molar-refractivity contribution in [3.8, 4) is 6.07 Å². The van der Waals surface area contributed by atoms with Gasteiger partial charge in [-0.05, 0) is 45.2 Å². The van der Waals surface area contributed by atoms with Crippen LogP contribution in [0.5, 0.6) is 0 Å². The SMILES string of the molecule is CCC(C)(C#N)NC(=O)CCCc1ccc(C)s1. The van der Waals surface area contributed by atoms with E-state index in [2.05, 4.69) is 30.4 Å². The molecule has 0 bridgehead atoms. The molecule has 1 heterocycles. The maximum absolute atomic E-state index is 11.7. The number of rotatable bonds is 6. The van der Waals surface area contributed by atoms with Crippen LogP contribution in [0.1, 0.15) is 42.9 Å². The smallest absolute Gasteiger partial charge is 0.221 e. The molecule has 1 aromatic rings. The number of hydrogen-bond donors (Lipinski definition) is 1. The first-order valence-electron chi connectivity index (χ1n) is 6.26. The molecular formula is C14H20N2OS. The second-order valence-electron chi connectivity index (χ2n) is 4.71. The minimum atomic E-state index is -0.726. The maximum Gasteiger partial charge on any atom is 0.221 e. The number of hydrogen-bond acceptors (Lipinski definition) is 3. The van der Waals surface area contributed by atoms with Crippen LogP contribution in [0.15, 0.2) is 12.1 Å². The van der Waals surface area contributed by atoms with E-state index in [4.69, 9.17) is 5.26 Å². The molecule has 0 aliphatic carbocycles. The molecule has 1 N–H and O–H groups in total. The lowest BCUT2D eigenvalue weighted by Crippen LogP contribution is -2.44. The summed E-state index contributed by atoms with van der Waals surface area (Å²) in [5.41, 5.74) is -0.726. The molecule has 0 aromatic carbocycles. The van der Waals surface area contributed by atoms with E-state index in [1.807, 2.05) is 6.92 Å². The quantitative estimate of drug-likeness (QED) is 0.858. The molecular weight excluding hydrogens is 244 g/mol. The van der Waals surface area contributed by atoms with Gasteiger partial charge in [0.1, 0.15) is 5.54 Å². The van der Waals surface area contributed by atoms with Crippen molar-refractivity contribution in [2.45, 2.75) is 52.0 Å². The summed E-state index contributed by atoms with van der Waals surface area (Å²) in [4.78, 5) is 14.3. The number of amides is 1. The van der Waals surface area contributed by atoms with Crippen LogP contribution < -0.4 is 5.32 Å². The van der Waals surface area contributed by atoms with E-state index in [0.29, 0.717) is 12.8 Å². The largest absolute Gasteiger partial charge is 0.338 e. The Balaban J connectivity index is 2.32. The zero-order valence-electron chi connectivity index (χ0n) is 11.2. The Morgan fingerprint density at radius 1 is 1.56 bits per heavy atom. The van der Waals surface area contributed by atoms with Gasteiger partial charge in [0.2, 0.25) is 5.91 Å². The lowest BCUT2D eigenvalue weighted by Gasteiger charge is -2.21. The van der Waals surface area contributed by atoms with Gasteiger partial charge in [-0.15, -0.1) is 11.3 Å². The van der Waals surface area contributed by atoms with Crippen molar-refractivity contribution in [2.24, 2.45) is 0 Å². The van der Waals surface area contributed by atoms with Gasteiger partial charge in [0.05, 0.1) is 6.07 Å². The lowest BCUT2D eigenvalue weighted by molar-refractivity contribution is -0.122. The highest BCUT2D eigenvalue weighted by molar-refractivity contribution is 7.11. The predicted molar refractivity (Wildman–Crippen MR) is 74.4 cm³/mol. The van der Waals surface area contributed by atoms with E-state index >= 15 is 0 Å². The van der Waals surface area contributed by atoms with Crippen molar-refractivity contribution >= 4 is 17.2 Å². The number of carbonyl (C=O) groups excluding carboxylic acids is 1. The van der Waals surface area contributed by atoms with Gasteiger partial charge in [-0.3, -0.25) is 4.79 Å². The van der Waals surface area contributed by atoms with Crippen LogP contribution in [0.4, 0.5) is 0 Å². The van der Waals surface area contributed by atoms with Crippen LogP contribution in [-0.4, -0.2) is 11.4 Å².